The molecule has 3 heteroatoms. The predicted octanol–water partition coefficient (Wildman–Crippen LogP) is 3.80. The zero-order chi connectivity index (χ0) is 12.5. The highest BCUT2D eigenvalue weighted by atomic mass is 16.4. The number of benzene rings is 2. The first-order valence-corrected chi connectivity index (χ1v) is 5.56. The molecular formula is C15H10O3. The Bertz CT molecular complexity index is 725. The lowest BCUT2D eigenvalue weighted by Crippen LogP contribution is -1.98. The Morgan fingerprint density at radius 1 is 1.00 bits per heavy atom. The van der Waals surface area contributed by atoms with E-state index in [1.807, 2.05) is 24.3 Å². The average molecular weight is 238 g/mol. The number of carboxylic acid groups (broad SMARTS) is 1. The van der Waals surface area contributed by atoms with E-state index in [0.29, 0.717) is 11.3 Å². The molecule has 0 aliphatic rings. The highest BCUT2D eigenvalue weighted by Crippen LogP contribution is 2.32. The first-order chi connectivity index (χ1) is 8.77. The summed E-state index contributed by atoms with van der Waals surface area (Å²) in [6.07, 6.45) is 1.64. The minimum Gasteiger partial charge on any atom is -0.478 e. The Morgan fingerprint density at radius 2 is 1.72 bits per heavy atom. The first kappa shape index (κ1) is 10.6. The van der Waals surface area contributed by atoms with Crippen LogP contribution in [0.25, 0.3) is 22.1 Å². The molecule has 0 aliphatic heterocycles. The second-order valence-corrected chi connectivity index (χ2v) is 4.00. The lowest BCUT2D eigenvalue weighted by atomic mass is 10.0. The molecule has 0 amide bonds. The van der Waals surface area contributed by atoms with Gasteiger partial charge in [-0.3, -0.25) is 0 Å². The molecule has 0 spiro atoms. The number of hydrogen-bond donors (Lipinski definition) is 1. The van der Waals surface area contributed by atoms with Crippen molar-refractivity contribution in [2.45, 2.75) is 0 Å². The van der Waals surface area contributed by atoms with Crippen LogP contribution >= 0.6 is 0 Å². The van der Waals surface area contributed by atoms with E-state index in [2.05, 4.69) is 0 Å². The van der Waals surface area contributed by atoms with Crippen molar-refractivity contribution < 1.29 is 14.3 Å². The van der Waals surface area contributed by atoms with Gasteiger partial charge in [0.25, 0.3) is 0 Å². The van der Waals surface area contributed by atoms with Crippen LogP contribution in [0, 0.1) is 0 Å². The van der Waals surface area contributed by atoms with Crippen LogP contribution in [0.15, 0.2) is 59.2 Å². The largest absolute Gasteiger partial charge is 0.478 e. The normalized spacial score (nSPS) is 10.7. The minimum absolute atomic E-state index is 0.248. The molecule has 3 rings (SSSR count). The standard InChI is InChI=1S/C15H10O3/c16-15(17)13-8-4-3-7-12(13)14-11-6-2-1-5-10(11)9-18-14/h1-9H,(H,16,17). The number of furan rings is 1. The molecule has 0 fully saturated rings. The molecule has 18 heavy (non-hydrogen) atoms. The molecular weight excluding hydrogens is 228 g/mol. The Balaban J connectivity index is 2.30. The maximum Gasteiger partial charge on any atom is 0.336 e. The number of rotatable bonds is 2. The molecule has 1 N–H and O–H groups in total. The SMILES string of the molecule is O=C(O)c1ccccc1-c1occ2ccccc12. The van der Waals surface area contributed by atoms with Gasteiger partial charge >= 0.3 is 5.97 Å². The van der Waals surface area contributed by atoms with Crippen LogP contribution in [-0.4, -0.2) is 11.1 Å². The molecule has 0 bridgehead atoms. The Morgan fingerprint density at radius 3 is 2.56 bits per heavy atom. The molecule has 2 aromatic carbocycles. The van der Waals surface area contributed by atoms with Crippen LogP contribution < -0.4 is 0 Å². The maximum atomic E-state index is 11.2. The number of carboxylic acids is 1. The van der Waals surface area contributed by atoms with Gasteiger partial charge in [0.2, 0.25) is 0 Å². The third kappa shape index (κ3) is 1.57. The van der Waals surface area contributed by atoms with Crippen LogP contribution in [-0.2, 0) is 0 Å². The summed E-state index contributed by atoms with van der Waals surface area (Å²) in [4.78, 5) is 11.2. The van der Waals surface area contributed by atoms with Crippen molar-refractivity contribution in [1.29, 1.82) is 0 Å². The summed E-state index contributed by atoms with van der Waals surface area (Å²) in [7, 11) is 0. The molecule has 88 valence electrons. The molecule has 3 nitrogen and oxygen atoms in total. The molecule has 0 aliphatic carbocycles. The van der Waals surface area contributed by atoms with E-state index >= 15 is 0 Å². The smallest absolute Gasteiger partial charge is 0.336 e. The van der Waals surface area contributed by atoms with Crippen molar-refractivity contribution in [3.63, 3.8) is 0 Å². The van der Waals surface area contributed by atoms with Gasteiger partial charge in [-0.25, -0.2) is 4.79 Å². The van der Waals surface area contributed by atoms with Gasteiger partial charge < -0.3 is 9.52 Å². The van der Waals surface area contributed by atoms with Crippen molar-refractivity contribution in [2.75, 3.05) is 0 Å². The topological polar surface area (TPSA) is 50.4 Å². The second kappa shape index (κ2) is 4.04. The van der Waals surface area contributed by atoms with Crippen molar-refractivity contribution in [3.05, 3.63) is 60.4 Å². The van der Waals surface area contributed by atoms with Gasteiger partial charge in [0, 0.05) is 16.3 Å². The average Bonchev–Trinajstić information content (AvgIpc) is 2.82. The van der Waals surface area contributed by atoms with Gasteiger partial charge in [-0.05, 0) is 6.07 Å². The van der Waals surface area contributed by atoms with Crippen LogP contribution in [0.4, 0.5) is 0 Å². The third-order valence-electron chi connectivity index (χ3n) is 2.91. The van der Waals surface area contributed by atoms with Gasteiger partial charge in [0.1, 0.15) is 5.76 Å². The van der Waals surface area contributed by atoms with Gasteiger partial charge in [0.15, 0.2) is 0 Å². The van der Waals surface area contributed by atoms with Gasteiger partial charge in [-0.2, -0.15) is 0 Å². The molecule has 0 saturated heterocycles. The lowest BCUT2D eigenvalue weighted by molar-refractivity contribution is 0.0697. The van der Waals surface area contributed by atoms with E-state index in [0.717, 1.165) is 10.8 Å². The van der Waals surface area contributed by atoms with E-state index in [4.69, 9.17) is 4.42 Å². The summed E-state index contributed by atoms with van der Waals surface area (Å²) in [6.45, 7) is 0. The van der Waals surface area contributed by atoms with Gasteiger partial charge in [-0.15, -0.1) is 0 Å². The zero-order valence-corrected chi connectivity index (χ0v) is 9.46. The van der Waals surface area contributed by atoms with Crippen molar-refractivity contribution in [1.82, 2.24) is 0 Å². The number of carbonyl (C=O) groups is 1. The van der Waals surface area contributed by atoms with Crippen LogP contribution in [0.2, 0.25) is 0 Å². The molecule has 3 aromatic rings. The fourth-order valence-electron chi connectivity index (χ4n) is 2.07. The quantitative estimate of drug-likeness (QED) is 0.738. The second-order valence-electron chi connectivity index (χ2n) is 4.00. The van der Waals surface area contributed by atoms with E-state index < -0.39 is 5.97 Å². The molecule has 1 aromatic heterocycles. The summed E-state index contributed by atoms with van der Waals surface area (Å²) in [5, 5.41) is 11.1. The summed E-state index contributed by atoms with van der Waals surface area (Å²) < 4.78 is 5.53. The predicted molar refractivity (Wildman–Crippen MR) is 68.6 cm³/mol. The lowest BCUT2D eigenvalue weighted by Gasteiger charge is -2.03. The monoisotopic (exact) mass is 238 g/mol. The van der Waals surface area contributed by atoms with Crippen molar-refractivity contribution in [3.8, 4) is 11.3 Å². The zero-order valence-electron chi connectivity index (χ0n) is 9.46. The molecule has 1 heterocycles. The van der Waals surface area contributed by atoms with Crippen LogP contribution in [0.1, 0.15) is 10.4 Å². The Hall–Kier alpha value is -2.55. The van der Waals surface area contributed by atoms with Crippen molar-refractivity contribution in [2.24, 2.45) is 0 Å². The minimum atomic E-state index is -0.953. The molecule has 0 saturated carbocycles. The third-order valence-corrected chi connectivity index (χ3v) is 2.91. The maximum absolute atomic E-state index is 11.2. The number of aromatic carboxylic acids is 1. The summed E-state index contributed by atoms with van der Waals surface area (Å²) in [6, 6.07) is 14.5. The van der Waals surface area contributed by atoms with E-state index in [-0.39, 0.29) is 5.56 Å². The Kier molecular flexibility index (Phi) is 2.38. The molecule has 0 atom stereocenters. The van der Waals surface area contributed by atoms with Gasteiger partial charge in [-0.1, -0.05) is 42.5 Å². The highest BCUT2D eigenvalue weighted by Gasteiger charge is 2.15. The molecule has 0 radical (unpaired) electrons. The van der Waals surface area contributed by atoms with E-state index in [1.165, 1.54) is 0 Å². The first-order valence-electron chi connectivity index (χ1n) is 5.56. The van der Waals surface area contributed by atoms with Crippen LogP contribution in [0.5, 0.6) is 0 Å². The fourth-order valence-corrected chi connectivity index (χ4v) is 2.07. The fraction of sp³-hybridized carbons (Fsp3) is 0. The number of hydrogen-bond acceptors (Lipinski definition) is 2. The molecule has 0 unspecified atom stereocenters. The summed E-state index contributed by atoms with van der Waals surface area (Å²) in [5.74, 6) is -0.352. The van der Waals surface area contributed by atoms with Crippen LogP contribution in [0.3, 0.4) is 0 Å². The van der Waals surface area contributed by atoms with Gasteiger partial charge in [0.05, 0.1) is 11.8 Å². The van der Waals surface area contributed by atoms with E-state index in [9.17, 15) is 9.90 Å². The summed E-state index contributed by atoms with van der Waals surface area (Å²) in [5.41, 5.74) is 0.851. The summed E-state index contributed by atoms with van der Waals surface area (Å²) >= 11 is 0. The van der Waals surface area contributed by atoms with E-state index in [1.54, 1.807) is 30.5 Å². The number of fused-ring (bicyclic) bond motifs is 1. The highest BCUT2D eigenvalue weighted by molar-refractivity contribution is 6.01. The Labute approximate surface area is 103 Å². The van der Waals surface area contributed by atoms with Crippen molar-refractivity contribution >= 4 is 16.7 Å².